The van der Waals surface area contributed by atoms with Crippen molar-refractivity contribution in [3.05, 3.63) is 29.1 Å². The smallest absolute Gasteiger partial charge is 0.231 e. The van der Waals surface area contributed by atoms with Gasteiger partial charge in [0, 0.05) is 25.2 Å². The lowest BCUT2D eigenvalue weighted by Gasteiger charge is -2.30. The first-order chi connectivity index (χ1) is 10.6. The summed E-state index contributed by atoms with van der Waals surface area (Å²) in [5.74, 6) is 2.24. The highest BCUT2D eigenvalue weighted by atomic mass is 35.5. The van der Waals surface area contributed by atoms with E-state index in [0.717, 1.165) is 50.7 Å². The summed E-state index contributed by atoms with van der Waals surface area (Å²) >= 11 is 5.89. The molecule has 6 nitrogen and oxygen atoms in total. The second-order valence-electron chi connectivity index (χ2n) is 6.21. The normalized spacial score (nSPS) is 19.9. The van der Waals surface area contributed by atoms with E-state index in [-0.39, 0.29) is 0 Å². The number of halogens is 1. The molecular weight excluding hydrogens is 302 g/mol. The molecule has 0 unspecified atom stereocenters. The predicted molar refractivity (Wildman–Crippen MR) is 84.0 cm³/mol. The number of hydrogen-bond donors (Lipinski definition) is 0. The summed E-state index contributed by atoms with van der Waals surface area (Å²) in [5, 5.41) is 8.98. The number of likely N-dealkylation sites (tertiary alicyclic amines) is 1. The lowest BCUT2D eigenvalue weighted by molar-refractivity contribution is 0.179. The van der Waals surface area contributed by atoms with Crippen LogP contribution in [0.5, 0.6) is 0 Å². The van der Waals surface area contributed by atoms with Crippen LogP contribution in [0.1, 0.15) is 50.2 Å². The number of aromatic nitrogens is 4. The molecule has 120 valence electrons. The van der Waals surface area contributed by atoms with Gasteiger partial charge in [0.1, 0.15) is 0 Å². The molecule has 2 aromatic rings. The van der Waals surface area contributed by atoms with Crippen molar-refractivity contribution in [2.75, 3.05) is 19.6 Å². The Balaban J connectivity index is 1.56. The topological polar surface area (TPSA) is 60.0 Å². The molecule has 1 aliphatic rings. The van der Waals surface area contributed by atoms with Crippen LogP contribution in [-0.2, 0) is 6.54 Å². The summed E-state index contributed by atoms with van der Waals surface area (Å²) in [6.07, 6.45) is 5.80. The average Bonchev–Trinajstić information content (AvgIpc) is 3.14. The molecule has 2 aromatic heterocycles. The zero-order chi connectivity index (χ0) is 15.5. The predicted octanol–water partition coefficient (Wildman–Crippen LogP) is 2.92. The molecule has 3 rings (SSSR count). The fourth-order valence-electron chi connectivity index (χ4n) is 2.81. The minimum Gasteiger partial charge on any atom is -0.339 e. The van der Waals surface area contributed by atoms with Crippen LogP contribution in [0.4, 0.5) is 0 Å². The molecule has 0 saturated carbocycles. The monoisotopic (exact) mass is 323 g/mol. The number of hydrogen-bond acceptors (Lipinski definition) is 5. The van der Waals surface area contributed by atoms with Crippen molar-refractivity contribution < 1.29 is 4.52 Å². The van der Waals surface area contributed by atoms with Crippen LogP contribution in [0.2, 0.25) is 5.02 Å². The highest BCUT2D eigenvalue weighted by molar-refractivity contribution is 6.30. The molecular formula is C15H22ClN5O. The Morgan fingerprint density at radius 2 is 2.27 bits per heavy atom. The quantitative estimate of drug-likeness (QED) is 0.846. The van der Waals surface area contributed by atoms with Gasteiger partial charge >= 0.3 is 0 Å². The zero-order valence-electron chi connectivity index (χ0n) is 13.1. The molecule has 1 fully saturated rings. The molecule has 0 bridgehead atoms. The Bertz CT molecular complexity index is 609. The molecule has 0 N–H and O–H groups in total. The third-order valence-corrected chi connectivity index (χ3v) is 4.27. The van der Waals surface area contributed by atoms with E-state index in [2.05, 4.69) is 34.0 Å². The van der Waals surface area contributed by atoms with Gasteiger partial charge in [0.25, 0.3) is 0 Å². The van der Waals surface area contributed by atoms with Crippen molar-refractivity contribution in [2.45, 2.75) is 45.1 Å². The maximum Gasteiger partial charge on any atom is 0.231 e. The summed E-state index contributed by atoms with van der Waals surface area (Å²) < 4.78 is 7.34. The lowest BCUT2D eigenvalue weighted by Crippen LogP contribution is -2.36. The molecule has 0 spiro atoms. The molecule has 0 aliphatic carbocycles. The van der Waals surface area contributed by atoms with Crippen LogP contribution in [0.25, 0.3) is 0 Å². The standard InChI is InChI=1S/C15H22ClN5O/c1-11(2)14-18-15(22-19-14)12-4-3-5-20(9-12)6-7-21-10-13(16)8-17-21/h8,10-12H,3-7,9H2,1-2H3/t12-/m1/s1. The van der Waals surface area contributed by atoms with E-state index < -0.39 is 0 Å². The first kappa shape index (κ1) is 15.5. The maximum atomic E-state index is 5.89. The minimum absolute atomic E-state index is 0.307. The fourth-order valence-corrected chi connectivity index (χ4v) is 2.97. The van der Waals surface area contributed by atoms with Gasteiger partial charge in [-0.05, 0) is 19.4 Å². The van der Waals surface area contributed by atoms with Crippen LogP contribution >= 0.6 is 11.6 Å². The Hall–Kier alpha value is -1.40. The molecule has 3 heterocycles. The SMILES string of the molecule is CC(C)c1noc([C@@H]2CCCN(CCn3cc(Cl)cn3)C2)n1. The zero-order valence-corrected chi connectivity index (χ0v) is 13.8. The number of rotatable bonds is 5. The summed E-state index contributed by atoms with van der Waals surface area (Å²) in [5.41, 5.74) is 0. The highest BCUT2D eigenvalue weighted by Crippen LogP contribution is 2.26. The van der Waals surface area contributed by atoms with Crippen molar-refractivity contribution in [3.8, 4) is 0 Å². The van der Waals surface area contributed by atoms with Gasteiger partial charge in [0.2, 0.25) is 5.89 Å². The van der Waals surface area contributed by atoms with E-state index in [0.29, 0.717) is 16.9 Å². The van der Waals surface area contributed by atoms with Crippen LogP contribution in [0, 0.1) is 0 Å². The fraction of sp³-hybridized carbons (Fsp3) is 0.667. The molecule has 1 aliphatic heterocycles. The Morgan fingerprint density at radius 3 is 2.95 bits per heavy atom. The molecule has 1 atom stereocenters. The van der Waals surface area contributed by atoms with E-state index in [1.807, 2.05) is 10.9 Å². The molecule has 1 saturated heterocycles. The molecule has 0 radical (unpaired) electrons. The summed E-state index contributed by atoms with van der Waals surface area (Å²) in [7, 11) is 0. The second kappa shape index (κ2) is 6.79. The molecule has 22 heavy (non-hydrogen) atoms. The van der Waals surface area contributed by atoms with Crippen molar-refractivity contribution in [3.63, 3.8) is 0 Å². The second-order valence-corrected chi connectivity index (χ2v) is 6.64. The molecule has 0 aromatic carbocycles. The van der Waals surface area contributed by atoms with E-state index in [1.54, 1.807) is 6.20 Å². The van der Waals surface area contributed by atoms with Crippen LogP contribution < -0.4 is 0 Å². The van der Waals surface area contributed by atoms with E-state index in [1.165, 1.54) is 0 Å². The van der Waals surface area contributed by atoms with E-state index in [9.17, 15) is 0 Å². The summed E-state index contributed by atoms with van der Waals surface area (Å²) in [6, 6.07) is 0. The van der Waals surface area contributed by atoms with Gasteiger partial charge in [-0.1, -0.05) is 30.6 Å². The van der Waals surface area contributed by atoms with Gasteiger partial charge in [0.15, 0.2) is 5.82 Å². The third-order valence-electron chi connectivity index (χ3n) is 4.08. The van der Waals surface area contributed by atoms with Gasteiger partial charge in [-0.2, -0.15) is 10.1 Å². The van der Waals surface area contributed by atoms with Gasteiger partial charge in [0.05, 0.1) is 23.7 Å². The summed E-state index contributed by atoms with van der Waals surface area (Å²) in [6.45, 7) is 8.04. The van der Waals surface area contributed by atoms with Crippen LogP contribution in [0.15, 0.2) is 16.9 Å². The van der Waals surface area contributed by atoms with Crippen molar-refractivity contribution in [1.82, 2.24) is 24.8 Å². The van der Waals surface area contributed by atoms with Crippen LogP contribution in [-0.4, -0.2) is 44.5 Å². The average molecular weight is 324 g/mol. The van der Waals surface area contributed by atoms with Gasteiger partial charge in [-0.25, -0.2) is 0 Å². The summed E-state index contributed by atoms with van der Waals surface area (Å²) in [4.78, 5) is 6.98. The Labute approximate surface area is 135 Å². The highest BCUT2D eigenvalue weighted by Gasteiger charge is 2.26. The van der Waals surface area contributed by atoms with Crippen molar-refractivity contribution in [2.24, 2.45) is 0 Å². The van der Waals surface area contributed by atoms with Crippen molar-refractivity contribution in [1.29, 1.82) is 0 Å². The molecule has 7 heteroatoms. The van der Waals surface area contributed by atoms with Crippen molar-refractivity contribution >= 4 is 11.6 Å². The minimum atomic E-state index is 0.307. The first-order valence-corrected chi connectivity index (χ1v) is 8.23. The number of piperidine rings is 1. The van der Waals surface area contributed by atoms with Crippen LogP contribution in [0.3, 0.4) is 0 Å². The Kier molecular flexibility index (Phi) is 4.78. The number of nitrogens with zero attached hydrogens (tertiary/aromatic N) is 5. The van der Waals surface area contributed by atoms with Gasteiger partial charge < -0.3 is 9.42 Å². The van der Waals surface area contributed by atoms with Gasteiger partial charge in [-0.15, -0.1) is 0 Å². The maximum absolute atomic E-state index is 5.89. The van der Waals surface area contributed by atoms with E-state index >= 15 is 0 Å². The van der Waals surface area contributed by atoms with Gasteiger partial charge in [-0.3, -0.25) is 4.68 Å². The Morgan fingerprint density at radius 1 is 1.41 bits per heavy atom. The lowest BCUT2D eigenvalue weighted by atomic mass is 9.98. The first-order valence-electron chi connectivity index (χ1n) is 7.85. The third kappa shape index (κ3) is 3.67. The largest absolute Gasteiger partial charge is 0.339 e. The van der Waals surface area contributed by atoms with E-state index in [4.69, 9.17) is 16.1 Å². The molecule has 0 amide bonds.